The van der Waals surface area contributed by atoms with Gasteiger partial charge in [-0.1, -0.05) is 0 Å². The fraction of sp³-hybridized carbons (Fsp3) is 0.300. The van der Waals surface area contributed by atoms with Gasteiger partial charge in [-0.25, -0.2) is 0 Å². The number of fused-ring (bicyclic) bond motifs is 1. The van der Waals surface area contributed by atoms with Crippen LogP contribution in [0.15, 0.2) is 40.8 Å². The number of pyridine rings is 1. The number of nitrogens with two attached hydrogens (primary N) is 1. The minimum Gasteiger partial charge on any atom is -0.461 e. The van der Waals surface area contributed by atoms with Crippen molar-refractivity contribution in [2.45, 2.75) is 20.0 Å². The first-order valence-corrected chi connectivity index (χ1v) is 8.65. The molecule has 26 heavy (non-hydrogen) atoms. The molecule has 1 aromatic carbocycles. The van der Waals surface area contributed by atoms with Crippen molar-refractivity contribution in [2.75, 3.05) is 25.4 Å². The number of carbonyl (C=O) groups is 1. The second kappa shape index (κ2) is 6.46. The van der Waals surface area contributed by atoms with Gasteiger partial charge in [0.1, 0.15) is 17.4 Å². The zero-order valence-corrected chi connectivity index (χ0v) is 14.9. The van der Waals surface area contributed by atoms with Gasteiger partial charge >= 0.3 is 0 Å². The second-order valence-electron chi connectivity index (χ2n) is 6.69. The lowest BCUT2D eigenvalue weighted by molar-refractivity contribution is -0.0247. The molecule has 134 valence electrons. The Labute approximate surface area is 151 Å². The van der Waals surface area contributed by atoms with E-state index in [0.29, 0.717) is 30.9 Å². The highest BCUT2D eigenvalue weighted by atomic mass is 16.5. The first kappa shape index (κ1) is 16.6. The van der Waals surface area contributed by atoms with Crippen LogP contribution in [0.1, 0.15) is 33.6 Å². The average Bonchev–Trinajstić information content (AvgIpc) is 2.99. The minimum absolute atomic E-state index is 0.0142. The Morgan fingerprint density at radius 2 is 2.08 bits per heavy atom. The summed E-state index contributed by atoms with van der Waals surface area (Å²) in [6.45, 7) is 5.28. The highest BCUT2D eigenvalue weighted by Gasteiger charge is 2.27. The van der Waals surface area contributed by atoms with E-state index in [4.69, 9.17) is 14.9 Å². The number of furan rings is 1. The van der Waals surface area contributed by atoms with Gasteiger partial charge in [-0.15, -0.1) is 0 Å². The molecule has 6 heteroatoms. The van der Waals surface area contributed by atoms with E-state index in [1.165, 1.54) is 0 Å². The molecule has 1 aliphatic rings. The fourth-order valence-corrected chi connectivity index (χ4v) is 3.39. The first-order chi connectivity index (χ1) is 12.5. The molecule has 1 saturated heterocycles. The van der Waals surface area contributed by atoms with Gasteiger partial charge in [0.2, 0.25) is 0 Å². The van der Waals surface area contributed by atoms with Gasteiger partial charge in [0.25, 0.3) is 5.91 Å². The molecular formula is C20H21N3O3. The Hall–Kier alpha value is -2.86. The highest BCUT2D eigenvalue weighted by Crippen LogP contribution is 2.25. The van der Waals surface area contributed by atoms with Crippen molar-refractivity contribution in [2.24, 2.45) is 0 Å². The quantitative estimate of drug-likeness (QED) is 0.766. The van der Waals surface area contributed by atoms with Crippen molar-refractivity contribution >= 4 is 22.6 Å². The van der Waals surface area contributed by atoms with E-state index < -0.39 is 0 Å². The molecule has 0 saturated carbocycles. The molecule has 0 radical (unpaired) electrons. The molecule has 2 aromatic heterocycles. The molecule has 1 amide bonds. The summed E-state index contributed by atoms with van der Waals surface area (Å²) >= 11 is 0. The number of amides is 1. The van der Waals surface area contributed by atoms with Crippen LogP contribution in [0.4, 0.5) is 5.69 Å². The Kier molecular flexibility index (Phi) is 4.12. The third-order valence-electron chi connectivity index (χ3n) is 4.57. The molecule has 0 spiro atoms. The number of benzene rings is 1. The maximum absolute atomic E-state index is 13.0. The molecule has 1 fully saturated rings. The number of hydrogen-bond donors (Lipinski definition) is 1. The summed E-state index contributed by atoms with van der Waals surface area (Å²) < 4.78 is 11.4. The number of morpholine rings is 1. The van der Waals surface area contributed by atoms with Crippen molar-refractivity contribution < 1.29 is 13.9 Å². The van der Waals surface area contributed by atoms with Crippen LogP contribution in [0.2, 0.25) is 0 Å². The number of ether oxygens (including phenoxy) is 1. The monoisotopic (exact) mass is 351 g/mol. The van der Waals surface area contributed by atoms with E-state index in [9.17, 15) is 4.79 Å². The number of nitrogens with zero attached hydrogens (tertiary/aromatic N) is 2. The molecule has 3 heterocycles. The summed E-state index contributed by atoms with van der Waals surface area (Å²) in [5.74, 6) is 0.818. The molecule has 0 unspecified atom stereocenters. The van der Waals surface area contributed by atoms with Gasteiger partial charge in [-0.2, -0.15) is 0 Å². The SMILES string of the molecule is Cc1cc(N)cc([C@@H]2CN(C(=O)c3ccc4oc(C)cc4c3)CCO2)n1. The van der Waals surface area contributed by atoms with Crippen LogP contribution in [-0.2, 0) is 4.74 Å². The van der Waals surface area contributed by atoms with Gasteiger partial charge in [0.05, 0.1) is 18.8 Å². The van der Waals surface area contributed by atoms with E-state index >= 15 is 0 Å². The van der Waals surface area contributed by atoms with Crippen LogP contribution < -0.4 is 5.73 Å². The summed E-state index contributed by atoms with van der Waals surface area (Å²) in [5.41, 5.74) is 9.62. The zero-order valence-electron chi connectivity index (χ0n) is 14.9. The van der Waals surface area contributed by atoms with Crippen LogP contribution in [0.5, 0.6) is 0 Å². The van der Waals surface area contributed by atoms with Gasteiger partial charge < -0.3 is 19.8 Å². The molecule has 1 aliphatic heterocycles. The van der Waals surface area contributed by atoms with Crippen LogP contribution in [-0.4, -0.2) is 35.5 Å². The number of rotatable bonds is 2. The minimum atomic E-state index is -0.269. The Morgan fingerprint density at radius 3 is 2.88 bits per heavy atom. The Balaban J connectivity index is 1.57. The molecule has 0 aliphatic carbocycles. The lowest BCUT2D eigenvalue weighted by atomic mass is 10.1. The van der Waals surface area contributed by atoms with Crippen molar-refractivity contribution in [3.8, 4) is 0 Å². The lowest BCUT2D eigenvalue weighted by Crippen LogP contribution is -2.42. The van der Waals surface area contributed by atoms with Crippen molar-refractivity contribution in [1.82, 2.24) is 9.88 Å². The van der Waals surface area contributed by atoms with E-state index in [1.54, 1.807) is 6.07 Å². The second-order valence-corrected chi connectivity index (χ2v) is 6.69. The number of anilines is 1. The maximum atomic E-state index is 13.0. The van der Waals surface area contributed by atoms with E-state index in [0.717, 1.165) is 28.1 Å². The van der Waals surface area contributed by atoms with E-state index in [-0.39, 0.29) is 12.0 Å². The molecule has 3 aromatic rings. The van der Waals surface area contributed by atoms with Crippen LogP contribution in [0.3, 0.4) is 0 Å². The number of aromatic nitrogens is 1. The van der Waals surface area contributed by atoms with Crippen LogP contribution >= 0.6 is 0 Å². The smallest absolute Gasteiger partial charge is 0.254 e. The summed E-state index contributed by atoms with van der Waals surface area (Å²) in [7, 11) is 0. The number of nitrogen functional groups attached to an aromatic ring is 1. The van der Waals surface area contributed by atoms with Crippen molar-refractivity contribution in [1.29, 1.82) is 0 Å². The molecule has 0 bridgehead atoms. The lowest BCUT2D eigenvalue weighted by Gasteiger charge is -2.33. The third-order valence-corrected chi connectivity index (χ3v) is 4.57. The predicted molar refractivity (Wildman–Crippen MR) is 98.9 cm³/mol. The third kappa shape index (κ3) is 3.15. The summed E-state index contributed by atoms with van der Waals surface area (Å²) in [6.07, 6.45) is -0.269. The molecule has 4 rings (SSSR count). The number of aryl methyl sites for hydroxylation is 2. The van der Waals surface area contributed by atoms with Crippen LogP contribution in [0.25, 0.3) is 11.0 Å². The van der Waals surface area contributed by atoms with Gasteiger partial charge in [0.15, 0.2) is 0 Å². The molecular weight excluding hydrogens is 330 g/mol. The molecule has 1 atom stereocenters. The fourth-order valence-electron chi connectivity index (χ4n) is 3.39. The standard InChI is InChI=1S/C20H21N3O3/c1-12-7-16(21)10-17(22-12)19-11-23(5-6-25-19)20(24)14-3-4-18-15(9-14)8-13(2)26-18/h3-4,7-10,19H,5-6,11H2,1-2H3,(H2,21,22)/t19-/m0/s1. The normalized spacial score (nSPS) is 17.6. The van der Waals surface area contributed by atoms with E-state index in [2.05, 4.69) is 4.98 Å². The first-order valence-electron chi connectivity index (χ1n) is 8.65. The maximum Gasteiger partial charge on any atom is 0.254 e. The molecule has 6 nitrogen and oxygen atoms in total. The molecule has 2 N–H and O–H groups in total. The van der Waals surface area contributed by atoms with Gasteiger partial charge in [0, 0.05) is 28.9 Å². The Bertz CT molecular complexity index is 959. The summed E-state index contributed by atoms with van der Waals surface area (Å²) in [6, 6.07) is 11.1. The van der Waals surface area contributed by atoms with Gasteiger partial charge in [-0.05, 0) is 50.2 Å². The topological polar surface area (TPSA) is 81.6 Å². The predicted octanol–water partition coefficient (Wildman–Crippen LogP) is 3.24. The van der Waals surface area contributed by atoms with Crippen LogP contribution in [0, 0.1) is 13.8 Å². The summed E-state index contributed by atoms with van der Waals surface area (Å²) in [5, 5.41) is 0.936. The van der Waals surface area contributed by atoms with Gasteiger partial charge in [-0.3, -0.25) is 9.78 Å². The average molecular weight is 351 g/mol. The summed E-state index contributed by atoms with van der Waals surface area (Å²) in [4.78, 5) is 19.3. The largest absolute Gasteiger partial charge is 0.461 e. The van der Waals surface area contributed by atoms with Crippen molar-refractivity contribution in [3.05, 3.63) is 59.1 Å². The number of carbonyl (C=O) groups excluding carboxylic acids is 1. The zero-order chi connectivity index (χ0) is 18.3. The van der Waals surface area contributed by atoms with Crippen molar-refractivity contribution in [3.63, 3.8) is 0 Å². The highest BCUT2D eigenvalue weighted by molar-refractivity contribution is 5.98. The number of hydrogen-bond acceptors (Lipinski definition) is 5. The van der Waals surface area contributed by atoms with E-state index in [1.807, 2.05) is 49.1 Å². The Morgan fingerprint density at radius 1 is 1.23 bits per heavy atom.